The van der Waals surface area contributed by atoms with Crippen molar-refractivity contribution in [1.29, 1.82) is 0 Å². The fourth-order valence-electron chi connectivity index (χ4n) is 1.66. The van der Waals surface area contributed by atoms with Crippen molar-refractivity contribution < 1.29 is 13.2 Å². The number of para-hydroxylation sites is 1. The number of carbonyl (C=O) groups is 1. The molecule has 0 N–H and O–H groups in total. The minimum Gasteiger partial charge on any atom is -0.314 e. The lowest BCUT2D eigenvalue weighted by Crippen LogP contribution is -2.41. The molecular formula is C13H20N2O3S. The summed E-state index contributed by atoms with van der Waals surface area (Å²) in [5, 5.41) is 0. The normalized spacial score (nSPS) is 11.6. The number of hydrogen-bond acceptors (Lipinski definition) is 3. The third-order valence-electron chi connectivity index (χ3n) is 2.77. The second-order valence-corrected chi connectivity index (χ2v) is 6.37. The second-order valence-electron chi connectivity index (χ2n) is 4.38. The van der Waals surface area contributed by atoms with Gasteiger partial charge in [-0.1, -0.05) is 25.1 Å². The van der Waals surface area contributed by atoms with E-state index < -0.39 is 10.0 Å². The zero-order chi connectivity index (χ0) is 14.5. The smallest absolute Gasteiger partial charge is 0.242 e. The number of hydrogen-bond donors (Lipinski definition) is 0. The molecule has 5 nitrogen and oxygen atoms in total. The van der Waals surface area contributed by atoms with Crippen molar-refractivity contribution in [1.82, 2.24) is 4.31 Å². The highest BCUT2D eigenvalue weighted by molar-refractivity contribution is 7.88. The summed E-state index contributed by atoms with van der Waals surface area (Å²) >= 11 is 0. The van der Waals surface area contributed by atoms with Crippen LogP contribution >= 0.6 is 0 Å². The maximum absolute atomic E-state index is 12.1. The van der Waals surface area contributed by atoms with Crippen LogP contribution in [0.3, 0.4) is 0 Å². The van der Waals surface area contributed by atoms with Crippen LogP contribution < -0.4 is 4.90 Å². The van der Waals surface area contributed by atoms with E-state index in [4.69, 9.17) is 0 Å². The highest BCUT2D eigenvalue weighted by atomic mass is 32.2. The molecule has 6 heteroatoms. The minimum absolute atomic E-state index is 0.127. The lowest BCUT2D eigenvalue weighted by Gasteiger charge is -2.23. The first-order valence-corrected chi connectivity index (χ1v) is 7.97. The van der Waals surface area contributed by atoms with Gasteiger partial charge in [-0.25, -0.2) is 8.42 Å². The van der Waals surface area contributed by atoms with E-state index in [1.54, 1.807) is 7.05 Å². The molecule has 0 fully saturated rings. The monoisotopic (exact) mass is 284 g/mol. The quantitative estimate of drug-likeness (QED) is 0.791. The standard InChI is InChI=1S/C13H20N2O3S/c1-4-10-15(19(3,17)18)11-13(16)14(2)12-8-6-5-7-9-12/h5-9H,4,10-11H2,1-3H3. The predicted octanol–water partition coefficient (Wildman–Crippen LogP) is 1.32. The van der Waals surface area contributed by atoms with Crippen LogP contribution in [-0.4, -0.2) is 45.0 Å². The van der Waals surface area contributed by atoms with Crippen LogP contribution in [0.5, 0.6) is 0 Å². The molecule has 0 bridgehead atoms. The number of sulfonamides is 1. The van der Waals surface area contributed by atoms with Gasteiger partial charge in [0.2, 0.25) is 15.9 Å². The highest BCUT2D eigenvalue weighted by Gasteiger charge is 2.21. The molecule has 0 heterocycles. The number of likely N-dealkylation sites (N-methyl/N-ethyl adjacent to an activating group) is 1. The second kappa shape index (κ2) is 6.68. The zero-order valence-corrected chi connectivity index (χ0v) is 12.4. The fourth-order valence-corrected chi connectivity index (χ4v) is 2.52. The van der Waals surface area contributed by atoms with Gasteiger partial charge in [-0.15, -0.1) is 0 Å². The lowest BCUT2D eigenvalue weighted by molar-refractivity contribution is -0.118. The van der Waals surface area contributed by atoms with Crippen molar-refractivity contribution in [2.24, 2.45) is 0 Å². The van der Waals surface area contributed by atoms with Crippen LogP contribution in [0, 0.1) is 0 Å². The van der Waals surface area contributed by atoms with Gasteiger partial charge in [0.05, 0.1) is 12.8 Å². The first-order chi connectivity index (χ1) is 8.86. The van der Waals surface area contributed by atoms with Gasteiger partial charge < -0.3 is 4.90 Å². The molecule has 19 heavy (non-hydrogen) atoms. The summed E-state index contributed by atoms with van der Waals surface area (Å²) in [4.78, 5) is 13.6. The Morgan fingerprint density at radius 2 is 1.79 bits per heavy atom. The van der Waals surface area contributed by atoms with Crippen LogP contribution in [0.1, 0.15) is 13.3 Å². The summed E-state index contributed by atoms with van der Waals surface area (Å²) in [6.07, 6.45) is 1.80. The third-order valence-corrected chi connectivity index (χ3v) is 4.02. The molecule has 0 unspecified atom stereocenters. The molecule has 0 spiro atoms. The van der Waals surface area contributed by atoms with E-state index in [0.717, 1.165) is 11.9 Å². The SMILES string of the molecule is CCCN(CC(=O)N(C)c1ccccc1)S(C)(=O)=O. The predicted molar refractivity (Wildman–Crippen MR) is 76.6 cm³/mol. The van der Waals surface area contributed by atoms with Crippen molar-refractivity contribution in [2.45, 2.75) is 13.3 Å². The van der Waals surface area contributed by atoms with Gasteiger partial charge in [0, 0.05) is 19.3 Å². The molecule has 0 aliphatic rings. The Hall–Kier alpha value is -1.40. The average Bonchev–Trinajstić information content (AvgIpc) is 2.37. The van der Waals surface area contributed by atoms with Crippen LogP contribution in [0.2, 0.25) is 0 Å². The molecule has 106 valence electrons. The van der Waals surface area contributed by atoms with E-state index >= 15 is 0 Å². The number of anilines is 1. The zero-order valence-electron chi connectivity index (χ0n) is 11.5. The summed E-state index contributed by atoms with van der Waals surface area (Å²) in [7, 11) is -1.71. The molecule has 0 aromatic heterocycles. The topological polar surface area (TPSA) is 57.7 Å². The van der Waals surface area contributed by atoms with Gasteiger partial charge in [-0.3, -0.25) is 4.79 Å². The van der Waals surface area contributed by atoms with Gasteiger partial charge >= 0.3 is 0 Å². The van der Waals surface area contributed by atoms with E-state index in [0.29, 0.717) is 13.0 Å². The molecule has 0 aliphatic carbocycles. The summed E-state index contributed by atoms with van der Waals surface area (Å²) in [5.41, 5.74) is 0.748. The van der Waals surface area contributed by atoms with Crippen LogP contribution in [0.15, 0.2) is 30.3 Å². The third kappa shape index (κ3) is 4.65. The highest BCUT2D eigenvalue weighted by Crippen LogP contribution is 2.12. The van der Waals surface area contributed by atoms with E-state index in [-0.39, 0.29) is 12.5 Å². The number of rotatable bonds is 6. The largest absolute Gasteiger partial charge is 0.314 e. The first-order valence-electron chi connectivity index (χ1n) is 6.13. The van der Waals surface area contributed by atoms with E-state index in [1.807, 2.05) is 37.3 Å². The van der Waals surface area contributed by atoms with Crippen LogP contribution in [0.4, 0.5) is 5.69 Å². The number of amides is 1. The van der Waals surface area contributed by atoms with Crippen molar-refractivity contribution >= 4 is 21.6 Å². The van der Waals surface area contributed by atoms with Crippen molar-refractivity contribution in [3.63, 3.8) is 0 Å². The summed E-state index contributed by atoms with van der Waals surface area (Å²) in [6.45, 7) is 2.11. The van der Waals surface area contributed by atoms with E-state index in [2.05, 4.69) is 0 Å². The Kier molecular flexibility index (Phi) is 5.50. The molecule has 0 atom stereocenters. The fraction of sp³-hybridized carbons (Fsp3) is 0.462. The molecule has 1 aromatic rings. The summed E-state index contributed by atoms with van der Waals surface area (Å²) in [6, 6.07) is 9.14. The molecule has 0 aliphatic heterocycles. The van der Waals surface area contributed by atoms with Gasteiger partial charge in [0.25, 0.3) is 0 Å². The van der Waals surface area contributed by atoms with E-state index in [1.165, 1.54) is 9.21 Å². The molecule has 0 saturated carbocycles. The van der Waals surface area contributed by atoms with Crippen LogP contribution in [-0.2, 0) is 14.8 Å². The Labute approximate surface area is 114 Å². The van der Waals surface area contributed by atoms with Gasteiger partial charge in [-0.05, 0) is 18.6 Å². The Morgan fingerprint density at radius 1 is 1.21 bits per heavy atom. The van der Waals surface area contributed by atoms with Crippen molar-refractivity contribution in [3.05, 3.63) is 30.3 Å². The summed E-state index contributed by atoms with van der Waals surface area (Å²) in [5.74, 6) is -0.245. The maximum atomic E-state index is 12.1. The molecule has 1 rings (SSSR count). The van der Waals surface area contributed by atoms with E-state index in [9.17, 15) is 13.2 Å². The number of nitrogens with zero attached hydrogens (tertiary/aromatic N) is 2. The molecule has 1 aromatic carbocycles. The summed E-state index contributed by atoms with van der Waals surface area (Å²) < 4.78 is 24.3. The molecule has 1 amide bonds. The van der Waals surface area contributed by atoms with Gasteiger partial charge in [0.1, 0.15) is 0 Å². The minimum atomic E-state index is -3.35. The van der Waals surface area contributed by atoms with Crippen LogP contribution in [0.25, 0.3) is 0 Å². The van der Waals surface area contributed by atoms with Crippen molar-refractivity contribution in [3.8, 4) is 0 Å². The average molecular weight is 284 g/mol. The first kappa shape index (κ1) is 15.7. The Balaban J connectivity index is 2.78. The molecule has 0 radical (unpaired) electrons. The number of carbonyl (C=O) groups excluding carboxylic acids is 1. The maximum Gasteiger partial charge on any atom is 0.242 e. The molecule has 0 saturated heterocycles. The lowest BCUT2D eigenvalue weighted by atomic mass is 10.3. The van der Waals surface area contributed by atoms with Crippen molar-refractivity contribution in [2.75, 3.05) is 31.3 Å². The Morgan fingerprint density at radius 3 is 2.26 bits per heavy atom. The number of benzene rings is 1. The van der Waals surface area contributed by atoms with Gasteiger partial charge in [-0.2, -0.15) is 4.31 Å². The molecular weight excluding hydrogens is 264 g/mol. The Bertz CT molecular complexity index is 514. The van der Waals surface area contributed by atoms with Gasteiger partial charge in [0.15, 0.2) is 0 Å².